The van der Waals surface area contributed by atoms with Crippen LogP contribution in [0.1, 0.15) is 56.4 Å². The topological polar surface area (TPSA) is 76.4 Å². The molecule has 0 amide bonds. The number of aromatic carboxylic acids is 1. The second-order valence-electron chi connectivity index (χ2n) is 9.58. The molecule has 2 N–H and O–H groups in total. The highest BCUT2D eigenvalue weighted by Gasteiger charge is 2.35. The maximum Gasteiger partial charge on any atom is 0.573 e. The molecule has 33 heavy (non-hydrogen) atoms. The van der Waals surface area contributed by atoms with Crippen LogP contribution in [0.15, 0.2) is 42.5 Å². The summed E-state index contributed by atoms with van der Waals surface area (Å²) in [4.78, 5) is 16.1. The first kappa shape index (κ1) is 22.9. The Morgan fingerprint density at radius 1 is 1.18 bits per heavy atom. The normalized spacial score (nSPS) is 20.5. The molecule has 1 fully saturated rings. The predicted molar refractivity (Wildman–Crippen MR) is 119 cm³/mol. The van der Waals surface area contributed by atoms with Crippen LogP contribution in [0.25, 0.3) is 11.0 Å². The Labute approximate surface area is 189 Å². The highest BCUT2D eigenvalue weighted by molar-refractivity contribution is 5.93. The number of nitrogens with zero attached hydrogens (tertiary/aromatic N) is 2. The SMILES string of the molecule is C[C@H]1C[C@@H](n2c(Nc3ccc(OC(F)(F)F)cc3)nc3cc(C(=O)O)ccc32)CC(C)(C)C1. The fourth-order valence-corrected chi connectivity index (χ4v) is 5.05. The zero-order valence-electron chi connectivity index (χ0n) is 18.6. The summed E-state index contributed by atoms with van der Waals surface area (Å²) in [6.45, 7) is 6.70. The second kappa shape index (κ2) is 8.28. The van der Waals surface area contributed by atoms with Crippen molar-refractivity contribution in [2.75, 3.05) is 5.32 Å². The molecule has 1 aliphatic carbocycles. The lowest BCUT2D eigenvalue weighted by molar-refractivity contribution is -0.274. The molecule has 4 rings (SSSR count). The molecule has 0 radical (unpaired) electrons. The molecule has 0 aliphatic heterocycles. The molecule has 0 saturated heterocycles. The molecule has 176 valence electrons. The lowest BCUT2D eigenvalue weighted by Crippen LogP contribution is -2.29. The van der Waals surface area contributed by atoms with Gasteiger partial charge in [-0.1, -0.05) is 20.8 Å². The van der Waals surface area contributed by atoms with Crippen molar-refractivity contribution < 1.29 is 27.8 Å². The van der Waals surface area contributed by atoms with Crippen LogP contribution in [0, 0.1) is 11.3 Å². The van der Waals surface area contributed by atoms with E-state index in [2.05, 4.69) is 40.4 Å². The Hall–Kier alpha value is -3.23. The van der Waals surface area contributed by atoms with Crippen molar-refractivity contribution in [2.45, 2.75) is 52.4 Å². The Morgan fingerprint density at radius 2 is 1.88 bits per heavy atom. The van der Waals surface area contributed by atoms with Gasteiger partial charge in [-0.3, -0.25) is 0 Å². The van der Waals surface area contributed by atoms with Crippen LogP contribution in [0.5, 0.6) is 5.75 Å². The van der Waals surface area contributed by atoms with Gasteiger partial charge in [-0.2, -0.15) is 0 Å². The van der Waals surface area contributed by atoms with Gasteiger partial charge in [-0.25, -0.2) is 9.78 Å². The van der Waals surface area contributed by atoms with Crippen molar-refractivity contribution in [2.24, 2.45) is 11.3 Å². The highest BCUT2D eigenvalue weighted by Crippen LogP contribution is 2.46. The summed E-state index contributed by atoms with van der Waals surface area (Å²) < 4.78 is 43.4. The van der Waals surface area contributed by atoms with E-state index in [-0.39, 0.29) is 22.8 Å². The average Bonchev–Trinajstić information content (AvgIpc) is 3.03. The van der Waals surface area contributed by atoms with Gasteiger partial charge in [0.15, 0.2) is 0 Å². The zero-order valence-corrected chi connectivity index (χ0v) is 18.6. The van der Waals surface area contributed by atoms with Crippen molar-refractivity contribution >= 4 is 28.6 Å². The first-order chi connectivity index (χ1) is 15.4. The molecule has 3 aromatic rings. The number of benzene rings is 2. The van der Waals surface area contributed by atoms with E-state index >= 15 is 0 Å². The van der Waals surface area contributed by atoms with E-state index in [1.54, 1.807) is 12.1 Å². The lowest BCUT2D eigenvalue weighted by Gasteiger charge is -2.40. The number of hydrogen-bond donors (Lipinski definition) is 2. The first-order valence-electron chi connectivity index (χ1n) is 10.8. The van der Waals surface area contributed by atoms with Crippen LogP contribution < -0.4 is 10.1 Å². The summed E-state index contributed by atoms with van der Waals surface area (Å²) in [5.74, 6) is -0.322. The predicted octanol–water partition coefficient (Wildman–Crippen LogP) is 6.76. The van der Waals surface area contributed by atoms with E-state index in [1.807, 2.05) is 0 Å². The minimum Gasteiger partial charge on any atom is -0.478 e. The number of aromatic nitrogens is 2. The van der Waals surface area contributed by atoms with Gasteiger partial charge in [0.25, 0.3) is 0 Å². The fourth-order valence-electron chi connectivity index (χ4n) is 5.05. The van der Waals surface area contributed by atoms with Gasteiger partial charge in [-0.05, 0) is 73.1 Å². The fraction of sp³-hybridized carbons (Fsp3) is 0.417. The molecule has 6 nitrogen and oxygen atoms in total. The van der Waals surface area contributed by atoms with Crippen LogP contribution in [-0.2, 0) is 0 Å². The van der Waals surface area contributed by atoms with E-state index in [0.717, 1.165) is 24.8 Å². The van der Waals surface area contributed by atoms with Gasteiger partial charge in [0, 0.05) is 11.7 Å². The molecule has 1 aliphatic rings. The summed E-state index contributed by atoms with van der Waals surface area (Å²) in [6, 6.07) is 10.4. The highest BCUT2D eigenvalue weighted by atomic mass is 19.4. The molecule has 1 saturated carbocycles. The van der Waals surface area contributed by atoms with Crippen LogP contribution in [0.2, 0.25) is 0 Å². The smallest absolute Gasteiger partial charge is 0.478 e. The molecular weight excluding hydrogens is 435 g/mol. The molecule has 2 atom stereocenters. The van der Waals surface area contributed by atoms with Crippen LogP contribution >= 0.6 is 0 Å². The summed E-state index contributed by atoms with van der Waals surface area (Å²) in [6.07, 6.45) is -1.77. The Bertz CT molecular complexity index is 1170. The number of alkyl halides is 3. The minimum atomic E-state index is -4.75. The quantitative estimate of drug-likeness (QED) is 0.439. The third kappa shape index (κ3) is 5.23. The average molecular weight is 461 g/mol. The third-order valence-corrected chi connectivity index (χ3v) is 6.01. The number of carbonyl (C=O) groups is 1. The summed E-state index contributed by atoms with van der Waals surface area (Å²) >= 11 is 0. The van der Waals surface area contributed by atoms with Gasteiger partial charge >= 0.3 is 12.3 Å². The van der Waals surface area contributed by atoms with Gasteiger partial charge in [0.1, 0.15) is 5.75 Å². The molecule has 0 unspecified atom stereocenters. The largest absolute Gasteiger partial charge is 0.573 e. The number of ether oxygens (including phenoxy) is 1. The van der Waals surface area contributed by atoms with Crippen molar-refractivity contribution in [3.63, 3.8) is 0 Å². The van der Waals surface area contributed by atoms with Crippen LogP contribution in [0.4, 0.5) is 24.8 Å². The number of carboxylic acid groups (broad SMARTS) is 1. The summed E-state index contributed by atoms with van der Waals surface area (Å²) in [5.41, 5.74) is 2.18. The maximum atomic E-state index is 12.5. The molecule has 0 bridgehead atoms. The van der Waals surface area contributed by atoms with Crippen LogP contribution in [0.3, 0.4) is 0 Å². The molecule has 9 heteroatoms. The monoisotopic (exact) mass is 461 g/mol. The standard InChI is InChI=1S/C24H26F3N3O3/c1-14-10-17(13-23(2,3)12-14)30-20-9-4-15(21(31)32)11-19(20)29-22(30)28-16-5-7-18(8-6-16)33-24(25,26)27/h4-9,11,14,17H,10,12-13H2,1-3H3,(H,28,29)(H,31,32)/t14-,17+/m0/s1. The third-order valence-electron chi connectivity index (χ3n) is 6.01. The van der Waals surface area contributed by atoms with Gasteiger partial charge in [0.05, 0.1) is 16.6 Å². The number of nitrogens with one attached hydrogen (secondary N) is 1. The molecular formula is C24H26F3N3O3. The van der Waals surface area contributed by atoms with E-state index in [4.69, 9.17) is 0 Å². The van der Waals surface area contributed by atoms with Gasteiger partial charge < -0.3 is 19.7 Å². The van der Waals surface area contributed by atoms with Crippen molar-refractivity contribution in [1.82, 2.24) is 9.55 Å². The molecule has 2 aromatic carbocycles. The first-order valence-corrected chi connectivity index (χ1v) is 10.8. The van der Waals surface area contributed by atoms with Crippen molar-refractivity contribution in [1.29, 1.82) is 0 Å². The van der Waals surface area contributed by atoms with E-state index in [1.165, 1.54) is 30.3 Å². The Balaban J connectivity index is 1.73. The summed E-state index contributed by atoms with van der Waals surface area (Å²) in [5, 5.41) is 12.6. The van der Waals surface area contributed by atoms with E-state index in [0.29, 0.717) is 23.1 Å². The minimum absolute atomic E-state index is 0.133. The number of fused-ring (bicyclic) bond motifs is 1. The second-order valence-corrected chi connectivity index (χ2v) is 9.58. The van der Waals surface area contributed by atoms with Crippen molar-refractivity contribution in [3.05, 3.63) is 48.0 Å². The number of halogens is 3. The lowest BCUT2D eigenvalue weighted by atomic mass is 9.70. The Kier molecular flexibility index (Phi) is 5.76. The number of imidazole rings is 1. The number of anilines is 2. The van der Waals surface area contributed by atoms with Gasteiger partial charge in [-0.15, -0.1) is 13.2 Å². The van der Waals surface area contributed by atoms with Crippen LogP contribution in [-0.4, -0.2) is 27.0 Å². The van der Waals surface area contributed by atoms with E-state index < -0.39 is 12.3 Å². The van der Waals surface area contributed by atoms with Crippen molar-refractivity contribution in [3.8, 4) is 5.75 Å². The van der Waals surface area contributed by atoms with E-state index in [9.17, 15) is 23.1 Å². The molecule has 1 aromatic heterocycles. The molecule has 1 heterocycles. The number of carboxylic acids is 1. The number of rotatable bonds is 5. The van der Waals surface area contributed by atoms with Gasteiger partial charge in [0.2, 0.25) is 5.95 Å². The number of hydrogen-bond acceptors (Lipinski definition) is 4. The molecule has 0 spiro atoms. The zero-order chi connectivity index (χ0) is 24.0. The maximum absolute atomic E-state index is 12.5. The summed E-state index contributed by atoms with van der Waals surface area (Å²) in [7, 11) is 0. The Morgan fingerprint density at radius 3 is 2.48 bits per heavy atom.